The monoisotopic (exact) mass is 449 g/mol. The van der Waals surface area contributed by atoms with E-state index in [0.717, 1.165) is 10.0 Å². The zero-order valence-corrected chi connectivity index (χ0v) is 17.9. The van der Waals surface area contributed by atoms with Gasteiger partial charge in [0.05, 0.1) is 11.6 Å². The van der Waals surface area contributed by atoms with Crippen LogP contribution in [0.3, 0.4) is 0 Å². The number of halogens is 2. The van der Waals surface area contributed by atoms with Gasteiger partial charge < -0.3 is 14.7 Å². The van der Waals surface area contributed by atoms with E-state index in [-0.39, 0.29) is 18.3 Å². The van der Waals surface area contributed by atoms with Crippen LogP contribution in [-0.4, -0.2) is 28.2 Å². The van der Waals surface area contributed by atoms with Gasteiger partial charge >= 0.3 is 6.09 Å². The Bertz CT molecular complexity index is 832. The maximum absolute atomic E-state index is 13.4. The molecule has 1 fully saturated rings. The number of rotatable bonds is 5. The van der Waals surface area contributed by atoms with Crippen LogP contribution in [0.5, 0.6) is 0 Å². The van der Waals surface area contributed by atoms with Gasteiger partial charge in [0.25, 0.3) is 0 Å². The fourth-order valence-electron chi connectivity index (χ4n) is 3.82. The molecule has 1 amide bonds. The predicted octanol–water partition coefficient (Wildman–Crippen LogP) is 5.55. The normalized spacial score (nSPS) is 21.4. The van der Waals surface area contributed by atoms with Crippen molar-refractivity contribution < 1.29 is 19.0 Å². The minimum atomic E-state index is -1.05. The highest BCUT2D eigenvalue weighted by Crippen LogP contribution is 2.42. The summed E-state index contributed by atoms with van der Waals surface area (Å²) < 4.78 is 20.3. The van der Waals surface area contributed by atoms with Crippen molar-refractivity contribution in [1.29, 1.82) is 0 Å². The quantitative estimate of drug-likeness (QED) is 0.650. The van der Waals surface area contributed by atoms with Crippen LogP contribution in [-0.2, 0) is 10.3 Å². The van der Waals surface area contributed by atoms with E-state index in [1.165, 1.54) is 12.1 Å². The van der Waals surface area contributed by atoms with E-state index in [1.54, 1.807) is 30.9 Å². The van der Waals surface area contributed by atoms with Crippen LogP contribution < -0.4 is 0 Å². The summed E-state index contributed by atoms with van der Waals surface area (Å²) in [5.41, 5.74) is -0.329. The summed E-state index contributed by atoms with van der Waals surface area (Å²) >= 11 is 3.42. The standard InChI is InChI=1S/C22H25BrFNO3/c1-15(16-4-8-18(23)9-5-16)25-13-12-22(28-20(25)26,14-21(2,3)27)17-6-10-19(24)11-7-17/h4-11,15,27H,12-14H2,1-3H3/t15-,22?/m0/s1. The van der Waals surface area contributed by atoms with Gasteiger partial charge in [-0.25, -0.2) is 9.18 Å². The highest BCUT2D eigenvalue weighted by atomic mass is 79.9. The number of carbonyl (C=O) groups excluding carboxylic acids is 1. The molecule has 4 nitrogen and oxygen atoms in total. The molecule has 1 aliphatic heterocycles. The third-order valence-electron chi connectivity index (χ3n) is 5.18. The smallest absolute Gasteiger partial charge is 0.411 e. The molecule has 0 radical (unpaired) electrons. The van der Waals surface area contributed by atoms with Gasteiger partial charge in [0.2, 0.25) is 0 Å². The third-order valence-corrected chi connectivity index (χ3v) is 5.71. The van der Waals surface area contributed by atoms with E-state index in [1.807, 2.05) is 31.2 Å². The molecular formula is C22H25BrFNO3. The van der Waals surface area contributed by atoms with Gasteiger partial charge in [0.15, 0.2) is 0 Å². The van der Waals surface area contributed by atoms with Gasteiger partial charge in [-0.2, -0.15) is 0 Å². The van der Waals surface area contributed by atoms with Gasteiger partial charge in [-0.3, -0.25) is 0 Å². The Balaban J connectivity index is 1.87. The van der Waals surface area contributed by atoms with E-state index < -0.39 is 17.3 Å². The Labute approximate surface area is 173 Å². The maximum Gasteiger partial charge on any atom is 0.411 e. The second-order valence-electron chi connectivity index (χ2n) is 8.03. The molecule has 2 atom stereocenters. The molecule has 6 heteroatoms. The molecule has 1 N–H and O–H groups in total. The molecule has 2 aromatic carbocycles. The molecule has 1 heterocycles. The zero-order chi connectivity index (χ0) is 20.5. The lowest BCUT2D eigenvalue weighted by molar-refractivity contribution is -0.101. The molecule has 0 aliphatic carbocycles. The molecule has 1 saturated heterocycles. The number of carbonyl (C=O) groups is 1. The topological polar surface area (TPSA) is 49.8 Å². The van der Waals surface area contributed by atoms with Crippen molar-refractivity contribution in [2.45, 2.75) is 50.9 Å². The summed E-state index contributed by atoms with van der Waals surface area (Å²) in [5.74, 6) is -0.352. The van der Waals surface area contributed by atoms with E-state index >= 15 is 0 Å². The molecule has 2 aromatic rings. The van der Waals surface area contributed by atoms with Crippen LogP contribution in [0.2, 0.25) is 0 Å². The zero-order valence-electron chi connectivity index (χ0n) is 16.3. The van der Waals surface area contributed by atoms with Gasteiger partial charge in [-0.05, 0) is 56.2 Å². The summed E-state index contributed by atoms with van der Waals surface area (Å²) in [6.07, 6.45) is 0.308. The Morgan fingerprint density at radius 2 is 1.82 bits per heavy atom. The lowest BCUT2D eigenvalue weighted by Crippen LogP contribution is -2.51. The minimum absolute atomic E-state index is 0.144. The first-order chi connectivity index (χ1) is 13.1. The van der Waals surface area contributed by atoms with E-state index in [2.05, 4.69) is 15.9 Å². The van der Waals surface area contributed by atoms with Crippen LogP contribution in [0.1, 0.15) is 50.8 Å². The summed E-state index contributed by atoms with van der Waals surface area (Å²) in [5, 5.41) is 10.4. The third kappa shape index (κ3) is 4.55. The van der Waals surface area contributed by atoms with Crippen LogP contribution >= 0.6 is 15.9 Å². The van der Waals surface area contributed by atoms with E-state index in [9.17, 15) is 14.3 Å². The van der Waals surface area contributed by atoms with Gasteiger partial charge in [0, 0.05) is 23.9 Å². The molecule has 1 aliphatic rings. The van der Waals surface area contributed by atoms with Crippen molar-refractivity contribution in [3.05, 3.63) is 69.9 Å². The highest BCUT2D eigenvalue weighted by Gasteiger charge is 2.46. The lowest BCUT2D eigenvalue weighted by atomic mass is 9.80. The second kappa shape index (κ2) is 7.84. The van der Waals surface area contributed by atoms with Crippen molar-refractivity contribution in [2.24, 2.45) is 0 Å². The number of benzene rings is 2. The molecule has 0 aromatic heterocycles. The average Bonchev–Trinajstić information content (AvgIpc) is 2.61. The second-order valence-corrected chi connectivity index (χ2v) is 8.94. The molecule has 150 valence electrons. The fraction of sp³-hybridized carbons (Fsp3) is 0.409. The summed E-state index contributed by atoms with van der Waals surface area (Å²) in [4.78, 5) is 14.6. The lowest BCUT2D eigenvalue weighted by Gasteiger charge is -2.45. The van der Waals surface area contributed by atoms with Gasteiger partial charge in [0.1, 0.15) is 11.4 Å². The maximum atomic E-state index is 13.4. The Morgan fingerprint density at radius 1 is 1.21 bits per heavy atom. The molecule has 0 spiro atoms. The van der Waals surface area contributed by atoms with Crippen LogP contribution in [0.4, 0.5) is 9.18 Å². The fourth-order valence-corrected chi connectivity index (χ4v) is 4.09. The molecule has 28 heavy (non-hydrogen) atoms. The number of nitrogens with zero attached hydrogens (tertiary/aromatic N) is 1. The first-order valence-corrected chi connectivity index (χ1v) is 10.1. The summed E-state index contributed by atoms with van der Waals surface area (Å²) in [7, 11) is 0. The molecule has 0 bridgehead atoms. The van der Waals surface area contributed by atoms with Crippen molar-refractivity contribution in [3.63, 3.8) is 0 Å². The summed E-state index contributed by atoms with van der Waals surface area (Å²) in [6.45, 7) is 5.81. The van der Waals surface area contributed by atoms with Crippen LogP contribution in [0.15, 0.2) is 53.0 Å². The number of aliphatic hydroxyl groups is 1. The summed E-state index contributed by atoms with van der Waals surface area (Å²) in [6, 6.07) is 13.6. The Hall–Kier alpha value is -1.92. The number of cyclic esters (lactones) is 1. The molecule has 3 rings (SSSR count). The molecule has 1 unspecified atom stereocenters. The van der Waals surface area contributed by atoms with Crippen LogP contribution in [0, 0.1) is 5.82 Å². The largest absolute Gasteiger partial charge is 0.438 e. The number of hydrogen-bond donors (Lipinski definition) is 1. The van der Waals surface area contributed by atoms with E-state index in [4.69, 9.17) is 4.74 Å². The minimum Gasteiger partial charge on any atom is -0.438 e. The number of hydrogen-bond acceptors (Lipinski definition) is 3. The first-order valence-electron chi connectivity index (χ1n) is 9.33. The number of amides is 1. The average molecular weight is 450 g/mol. The number of ether oxygens (including phenoxy) is 1. The van der Waals surface area contributed by atoms with Crippen molar-refractivity contribution in [2.75, 3.05) is 6.54 Å². The predicted molar refractivity (Wildman–Crippen MR) is 109 cm³/mol. The highest BCUT2D eigenvalue weighted by molar-refractivity contribution is 9.10. The van der Waals surface area contributed by atoms with Crippen molar-refractivity contribution in [3.8, 4) is 0 Å². The van der Waals surface area contributed by atoms with Crippen molar-refractivity contribution in [1.82, 2.24) is 4.90 Å². The van der Waals surface area contributed by atoms with E-state index in [0.29, 0.717) is 18.5 Å². The van der Waals surface area contributed by atoms with Gasteiger partial charge in [-0.1, -0.05) is 40.2 Å². The van der Waals surface area contributed by atoms with Crippen molar-refractivity contribution >= 4 is 22.0 Å². The van der Waals surface area contributed by atoms with Crippen LogP contribution in [0.25, 0.3) is 0 Å². The van der Waals surface area contributed by atoms with Gasteiger partial charge in [-0.15, -0.1) is 0 Å². The Kier molecular flexibility index (Phi) is 5.82. The Morgan fingerprint density at radius 3 is 2.36 bits per heavy atom. The molecular weight excluding hydrogens is 425 g/mol. The SMILES string of the molecule is C[C@@H](c1ccc(Br)cc1)N1CCC(CC(C)(C)O)(c2ccc(F)cc2)OC1=O. The molecule has 0 saturated carbocycles. The first kappa shape index (κ1) is 20.8.